The van der Waals surface area contributed by atoms with Crippen molar-refractivity contribution in [2.45, 2.75) is 12.8 Å². The molecular formula is C17H9F3N2O4. The quantitative estimate of drug-likeness (QED) is 0.754. The average molecular weight is 362 g/mol. The molecule has 0 saturated heterocycles. The third-order valence-corrected chi connectivity index (χ3v) is 3.46. The molecule has 0 fully saturated rings. The molecular weight excluding hydrogens is 353 g/mol. The van der Waals surface area contributed by atoms with Gasteiger partial charge >= 0.3 is 12.1 Å². The zero-order valence-electron chi connectivity index (χ0n) is 12.9. The molecule has 0 radical (unpaired) electrons. The van der Waals surface area contributed by atoms with E-state index in [0.717, 1.165) is 18.2 Å². The molecule has 0 saturated carbocycles. The van der Waals surface area contributed by atoms with E-state index in [9.17, 15) is 18.0 Å². The summed E-state index contributed by atoms with van der Waals surface area (Å²) in [7, 11) is 0. The number of oxazole rings is 1. The second-order valence-electron chi connectivity index (χ2n) is 5.20. The number of rotatable bonds is 4. The van der Waals surface area contributed by atoms with E-state index in [-0.39, 0.29) is 35.0 Å². The van der Waals surface area contributed by atoms with Crippen molar-refractivity contribution in [1.29, 1.82) is 5.26 Å². The van der Waals surface area contributed by atoms with Crippen molar-refractivity contribution >= 4 is 17.1 Å². The summed E-state index contributed by atoms with van der Waals surface area (Å²) in [6.45, 7) is -0.326. The van der Waals surface area contributed by atoms with Crippen LogP contribution in [0, 0.1) is 11.3 Å². The summed E-state index contributed by atoms with van der Waals surface area (Å²) >= 11 is 0. The van der Waals surface area contributed by atoms with Gasteiger partial charge in [0.2, 0.25) is 5.89 Å². The molecule has 26 heavy (non-hydrogen) atoms. The molecule has 1 aromatic heterocycles. The van der Waals surface area contributed by atoms with Crippen molar-refractivity contribution in [2.24, 2.45) is 0 Å². The lowest BCUT2D eigenvalue weighted by Crippen LogP contribution is -2.06. The molecule has 0 aliphatic carbocycles. The molecule has 9 heteroatoms. The van der Waals surface area contributed by atoms with Crippen molar-refractivity contribution in [1.82, 2.24) is 4.98 Å². The molecule has 2 aromatic carbocycles. The van der Waals surface area contributed by atoms with Crippen LogP contribution in [0.1, 0.15) is 27.4 Å². The van der Waals surface area contributed by atoms with Gasteiger partial charge in [-0.2, -0.15) is 18.4 Å². The number of halogens is 3. The largest absolute Gasteiger partial charge is 0.482 e. The molecule has 0 aliphatic rings. The van der Waals surface area contributed by atoms with E-state index >= 15 is 0 Å². The van der Waals surface area contributed by atoms with Gasteiger partial charge in [0.25, 0.3) is 0 Å². The number of benzene rings is 2. The lowest BCUT2D eigenvalue weighted by atomic mass is 10.1. The Kier molecular flexibility index (Phi) is 4.26. The highest BCUT2D eigenvalue weighted by Crippen LogP contribution is 2.33. The first kappa shape index (κ1) is 17.3. The standard InChI is InChI=1S/C17H9F3N2O4/c18-17(19,20)11-3-1-10(7-21)13(6-11)25-8-15-22-12-4-2-9(16(23)24)5-14(12)26-15/h1-6H,8H2,(H,23,24). The Morgan fingerprint density at radius 3 is 2.69 bits per heavy atom. The van der Waals surface area contributed by atoms with Crippen LogP contribution in [0.4, 0.5) is 13.2 Å². The fourth-order valence-electron chi connectivity index (χ4n) is 2.22. The van der Waals surface area contributed by atoms with Gasteiger partial charge in [-0.1, -0.05) is 0 Å². The highest BCUT2D eigenvalue weighted by molar-refractivity contribution is 5.91. The number of hydrogen-bond acceptors (Lipinski definition) is 5. The number of aromatic carboxylic acids is 1. The monoisotopic (exact) mass is 362 g/mol. The van der Waals surface area contributed by atoms with E-state index in [1.54, 1.807) is 6.07 Å². The minimum absolute atomic E-state index is 0.00534. The second-order valence-corrected chi connectivity index (χ2v) is 5.20. The van der Waals surface area contributed by atoms with Gasteiger partial charge in [-0.25, -0.2) is 9.78 Å². The molecule has 0 amide bonds. The molecule has 0 bridgehead atoms. The Balaban J connectivity index is 1.85. The third-order valence-electron chi connectivity index (χ3n) is 3.46. The summed E-state index contributed by atoms with van der Waals surface area (Å²) in [5.41, 5.74) is -0.436. The molecule has 1 N–H and O–H groups in total. The SMILES string of the molecule is N#Cc1ccc(C(F)(F)F)cc1OCc1nc2ccc(C(=O)O)cc2o1. The van der Waals surface area contributed by atoms with Crippen LogP contribution < -0.4 is 4.74 Å². The number of hydrogen-bond donors (Lipinski definition) is 1. The van der Waals surface area contributed by atoms with Crippen molar-refractivity contribution in [3.8, 4) is 11.8 Å². The number of ether oxygens (including phenoxy) is 1. The lowest BCUT2D eigenvalue weighted by molar-refractivity contribution is -0.137. The summed E-state index contributed by atoms with van der Waals surface area (Å²) in [4.78, 5) is 15.0. The van der Waals surface area contributed by atoms with Gasteiger partial charge in [0.1, 0.15) is 17.3 Å². The topological polar surface area (TPSA) is 96.3 Å². The number of fused-ring (bicyclic) bond motifs is 1. The summed E-state index contributed by atoms with van der Waals surface area (Å²) in [5.74, 6) is -1.36. The van der Waals surface area contributed by atoms with E-state index < -0.39 is 17.7 Å². The molecule has 6 nitrogen and oxygen atoms in total. The summed E-state index contributed by atoms with van der Waals surface area (Å²) in [5, 5.41) is 17.9. The molecule has 3 rings (SSSR count). The Morgan fingerprint density at radius 2 is 2.04 bits per heavy atom. The van der Waals surface area contributed by atoms with E-state index in [4.69, 9.17) is 19.5 Å². The predicted octanol–water partition coefficient (Wildman–Crippen LogP) is 4.00. The van der Waals surface area contributed by atoms with Crippen LogP contribution in [0.3, 0.4) is 0 Å². The Hall–Kier alpha value is -3.54. The fraction of sp³-hybridized carbons (Fsp3) is 0.118. The molecule has 1 heterocycles. The maximum atomic E-state index is 12.8. The lowest BCUT2D eigenvalue weighted by Gasteiger charge is -2.10. The Morgan fingerprint density at radius 1 is 1.27 bits per heavy atom. The molecule has 0 aliphatic heterocycles. The molecule has 0 unspecified atom stereocenters. The zero-order chi connectivity index (χ0) is 18.9. The van der Waals surface area contributed by atoms with Crippen molar-refractivity contribution in [3.05, 3.63) is 59.0 Å². The van der Waals surface area contributed by atoms with Gasteiger partial charge in [-0.15, -0.1) is 0 Å². The minimum Gasteiger partial charge on any atom is -0.482 e. The highest BCUT2D eigenvalue weighted by atomic mass is 19.4. The van der Waals surface area contributed by atoms with Gasteiger partial charge in [0, 0.05) is 0 Å². The van der Waals surface area contributed by atoms with Crippen molar-refractivity contribution in [2.75, 3.05) is 0 Å². The first-order valence-electron chi connectivity index (χ1n) is 7.15. The number of carboxylic acids is 1. The molecule has 0 spiro atoms. The molecule has 0 atom stereocenters. The van der Waals surface area contributed by atoms with Gasteiger partial charge in [0.15, 0.2) is 12.2 Å². The maximum absolute atomic E-state index is 12.8. The van der Waals surface area contributed by atoms with E-state index in [1.807, 2.05) is 0 Å². The second kappa shape index (κ2) is 6.40. The number of alkyl halides is 3. The molecule has 132 valence electrons. The molecule has 3 aromatic rings. The number of carboxylic acid groups (broad SMARTS) is 1. The summed E-state index contributed by atoms with van der Waals surface area (Å²) in [6.07, 6.45) is -4.57. The van der Waals surface area contributed by atoms with Crippen molar-refractivity contribution < 1.29 is 32.2 Å². The Bertz CT molecular complexity index is 1030. The van der Waals surface area contributed by atoms with E-state index in [0.29, 0.717) is 5.52 Å². The van der Waals surface area contributed by atoms with Crippen molar-refractivity contribution in [3.63, 3.8) is 0 Å². The van der Waals surface area contributed by atoms with Gasteiger partial charge < -0.3 is 14.3 Å². The van der Waals surface area contributed by atoms with Crippen LogP contribution in [-0.4, -0.2) is 16.1 Å². The summed E-state index contributed by atoms with van der Waals surface area (Å²) in [6, 6.07) is 8.35. The number of nitrogens with zero attached hydrogens (tertiary/aromatic N) is 2. The predicted molar refractivity (Wildman–Crippen MR) is 81.5 cm³/mol. The smallest absolute Gasteiger partial charge is 0.416 e. The highest BCUT2D eigenvalue weighted by Gasteiger charge is 2.31. The first-order valence-corrected chi connectivity index (χ1v) is 7.15. The Labute approximate surface area is 144 Å². The van der Waals surface area contributed by atoms with Gasteiger partial charge in [-0.05, 0) is 36.4 Å². The summed E-state index contributed by atoms with van der Waals surface area (Å²) < 4.78 is 49.0. The van der Waals surface area contributed by atoms with Crippen LogP contribution in [-0.2, 0) is 12.8 Å². The number of nitriles is 1. The van der Waals surface area contributed by atoms with Gasteiger partial charge in [-0.3, -0.25) is 0 Å². The zero-order valence-corrected chi connectivity index (χ0v) is 12.9. The fourth-order valence-corrected chi connectivity index (χ4v) is 2.22. The number of carbonyl (C=O) groups is 1. The number of aromatic nitrogens is 1. The van der Waals surface area contributed by atoms with E-state index in [1.165, 1.54) is 18.2 Å². The third kappa shape index (κ3) is 3.44. The normalized spacial score (nSPS) is 11.3. The van der Waals surface area contributed by atoms with Crippen LogP contribution in [0.5, 0.6) is 5.75 Å². The van der Waals surface area contributed by atoms with Gasteiger partial charge in [0.05, 0.1) is 16.7 Å². The van der Waals surface area contributed by atoms with E-state index in [2.05, 4.69) is 4.98 Å². The first-order chi connectivity index (χ1) is 12.3. The minimum atomic E-state index is -4.57. The van der Waals surface area contributed by atoms with Crippen LogP contribution >= 0.6 is 0 Å². The maximum Gasteiger partial charge on any atom is 0.416 e. The van der Waals surface area contributed by atoms with Crippen LogP contribution in [0.25, 0.3) is 11.1 Å². The average Bonchev–Trinajstić information content (AvgIpc) is 3.00. The van der Waals surface area contributed by atoms with Crippen LogP contribution in [0.15, 0.2) is 40.8 Å². The van der Waals surface area contributed by atoms with Crippen LogP contribution in [0.2, 0.25) is 0 Å².